The molecule has 0 spiro atoms. The number of urea groups is 1. The number of likely N-dealkylation sites (tertiary alicyclic amines) is 1. The summed E-state index contributed by atoms with van der Waals surface area (Å²) in [5, 5.41) is 12.0. The fourth-order valence-corrected chi connectivity index (χ4v) is 3.83. The molecule has 1 aromatic rings. The number of carbonyl (C=O) groups excluding carboxylic acids is 1. The van der Waals surface area contributed by atoms with Crippen molar-refractivity contribution in [1.29, 1.82) is 0 Å². The predicted molar refractivity (Wildman–Crippen MR) is 96.9 cm³/mol. The van der Waals surface area contributed by atoms with Gasteiger partial charge in [0.15, 0.2) is 0 Å². The highest BCUT2D eigenvalue weighted by Gasteiger charge is 2.47. The standard InChI is InChI=1S/C19H27N3O4/c1-3-21(11-17(23)24)16-9-15(10-16)20-18(25)22-12-19(13-22,26-2)14-7-5-4-6-8-14/h4-8,15-16H,3,9-13H2,1-2H3,(H,20,25)(H,23,24). The lowest BCUT2D eigenvalue weighted by Crippen LogP contribution is -2.66. The second kappa shape index (κ2) is 7.63. The van der Waals surface area contributed by atoms with Gasteiger partial charge in [-0.15, -0.1) is 0 Å². The van der Waals surface area contributed by atoms with Gasteiger partial charge in [-0.1, -0.05) is 37.3 Å². The first-order valence-corrected chi connectivity index (χ1v) is 9.09. The van der Waals surface area contributed by atoms with Crippen LogP contribution in [-0.4, -0.2) is 72.3 Å². The molecule has 142 valence electrons. The SMILES string of the molecule is CCN(CC(=O)O)C1CC(NC(=O)N2CC(OC)(c3ccccc3)C2)C1. The average molecular weight is 361 g/mol. The number of likely N-dealkylation sites (N-methyl/N-ethyl adjacent to an activating group) is 1. The van der Waals surface area contributed by atoms with E-state index in [1.54, 1.807) is 12.0 Å². The van der Waals surface area contributed by atoms with Crippen LogP contribution in [0.1, 0.15) is 25.3 Å². The molecule has 0 bridgehead atoms. The molecular weight excluding hydrogens is 334 g/mol. The van der Waals surface area contributed by atoms with Gasteiger partial charge in [0.2, 0.25) is 0 Å². The largest absolute Gasteiger partial charge is 0.480 e. The molecule has 1 saturated heterocycles. The Kier molecular flexibility index (Phi) is 5.48. The molecule has 1 aromatic carbocycles. The number of nitrogens with zero attached hydrogens (tertiary/aromatic N) is 2. The van der Waals surface area contributed by atoms with Crippen molar-refractivity contribution >= 4 is 12.0 Å². The summed E-state index contributed by atoms with van der Waals surface area (Å²) in [5.41, 5.74) is 0.670. The van der Waals surface area contributed by atoms with Crippen molar-refractivity contribution in [2.45, 2.75) is 37.5 Å². The number of aliphatic carboxylic acids is 1. The van der Waals surface area contributed by atoms with Crippen LogP contribution in [0.15, 0.2) is 30.3 Å². The number of hydrogen-bond donors (Lipinski definition) is 2. The summed E-state index contributed by atoms with van der Waals surface area (Å²) in [6.07, 6.45) is 1.60. The third-order valence-corrected chi connectivity index (χ3v) is 5.57. The number of carboxylic acids is 1. The van der Waals surface area contributed by atoms with Gasteiger partial charge < -0.3 is 20.1 Å². The summed E-state index contributed by atoms with van der Waals surface area (Å²) in [7, 11) is 1.68. The van der Waals surface area contributed by atoms with Crippen LogP contribution in [0.3, 0.4) is 0 Å². The number of carboxylic acid groups (broad SMARTS) is 1. The summed E-state index contributed by atoms with van der Waals surface area (Å²) in [6.45, 7) is 3.80. The van der Waals surface area contributed by atoms with E-state index < -0.39 is 11.6 Å². The zero-order valence-corrected chi connectivity index (χ0v) is 15.4. The van der Waals surface area contributed by atoms with Crippen molar-refractivity contribution in [3.63, 3.8) is 0 Å². The Morgan fingerprint density at radius 2 is 1.96 bits per heavy atom. The summed E-state index contributed by atoms with van der Waals surface area (Å²) in [4.78, 5) is 27.0. The lowest BCUT2D eigenvalue weighted by atomic mass is 9.84. The third kappa shape index (κ3) is 3.68. The minimum Gasteiger partial charge on any atom is -0.480 e. The quantitative estimate of drug-likeness (QED) is 0.769. The van der Waals surface area contributed by atoms with Crippen molar-refractivity contribution in [2.75, 3.05) is 33.3 Å². The molecule has 1 heterocycles. The molecule has 1 aliphatic carbocycles. The number of benzene rings is 1. The van der Waals surface area contributed by atoms with E-state index in [1.165, 1.54) is 0 Å². The molecule has 2 fully saturated rings. The highest BCUT2D eigenvalue weighted by Crippen LogP contribution is 2.35. The first-order chi connectivity index (χ1) is 12.5. The highest BCUT2D eigenvalue weighted by molar-refractivity contribution is 5.76. The lowest BCUT2D eigenvalue weighted by Gasteiger charge is -2.50. The van der Waals surface area contributed by atoms with Gasteiger partial charge in [-0.2, -0.15) is 0 Å². The molecule has 1 saturated carbocycles. The van der Waals surface area contributed by atoms with Crippen LogP contribution in [0.25, 0.3) is 0 Å². The van der Waals surface area contributed by atoms with Crippen LogP contribution in [0, 0.1) is 0 Å². The molecule has 2 aliphatic rings. The molecule has 7 nitrogen and oxygen atoms in total. The van der Waals surface area contributed by atoms with E-state index >= 15 is 0 Å². The zero-order valence-electron chi connectivity index (χ0n) is 15.4. The van der Waals surface area contributed by atoms with E-state index in [4.69, 9.17) is 9.84 Å². The van der Waals surface area contributed by atoms with Gasteiger partial charge in [0.05, 0.1) is 19.6 Å². The zero-order chi connectivity index (χ0) is 18.7. The Balaban J connectivity index is 1.46. The van der Waals surface area contributed by atoms with Crippen molar-refractivity contribution in [2.24, 2.45) is 0 Å². The highest BCUT2D eigenvalue weighted by atomic mass is 16.5. The second-order valence-electron chi connectivity index (χ2n) is 7.15. The Hall–Kier alpha value is -2.12. The second-order valence-corrected chi connectivity index (χ2v) is 7.15. The maximum atomic E-state index is 12.4. The number of amides is 2. The van der Waals surface area contributed by atoms with Crippen LogP contribution in [0.4, 0.5) is 4.79 Å². The van der Waals surface area contributed by atoms with Gasteiger partial charge in [-0.05, 0) is 24.9 Å². The lowest BCUT2D eigenvalue weighted by molar-refractivity contribution is -0.139. The van der Waals surface area contributed by atoms with Crippen molar-refractivity contribution in [3.05, 3.63) is 35.9 Å². The molecule has 26 heavy (non-hydrogen) atoms. The van der Waals surface area contributed by atoms with Crippen molar-refractivity contribution in [3.8, 4) is 0 Å². The molecule has 0 unspecified atom stereocenters. The molecule has 1 aliphatic heterocycles. The maximum Gasteiger partial charge on any atom is 0.317 e. The molecule has 0 atom stereocenters. The first kappa shape index (κ1) is 18.7. The summed E-state index contributed by atoms with van der Waals surface area (Å²) >= 11 is 0. The van der Waals surface area contributed by atoms with E-state index in [2.05, 4.69) is 5.32 Å². The van der Waals surface area contributed by atoms with Gasteiger partial charge >= 0.3 is 12.0 Å². The molecule has 7 heteroatoms. The van der Waals surface area contributed by atoms with Gasteiger partial charge in [-0.25, -0.2) is 4.79 Å². The van der Waals surface area contributed by atoms with Crippen LogP contribution in [0.2, 0.25) is 0 Å². The minimum absolute atomic E-state index is 0.0569. The van der Waals surface area contributed by atoms with E-state index in [1.807, 2.05) is 42.2 Å². The normalized spacial score (nSPS) is 23.9. The van der Waals surface area contributed by atoms with E-state index in [-0.39, 0.29) is 24.7 Å². The summed E-state index contributed by atoms with van der Waals surface area (Å²) in [6, 6.07) is 10.2. The smallest absolute Gasteiger partial charge is 0.317 e. The predicted octanol–water partition coefficient (Wildman–Crippen LogP) is 1.49. The van der Waals surface area contributed by atoms with E-state index in [0.29, 0.717) is 19.6 Å². The first-order valence-electron chi connectivity index (χ1n) is 9.09. The molecule has 2 N–H and O–H groups in total. The Morgan fingerprint density at radius 1 is 1.31 bits per heavy atom. The van der Waals surface area contributed by atoms with E-state index in [9.17, 15) is 9.59 Å². The Bertz CT molecular complexity index is 639. The third-order valence-electron chi connectivity index (χ3n) is 5.57. The molecule has 0 aromatic heterocycles. The van der Waals surface area contributed by atoms with Crippen LogP contribution in [-0.2, 0) is 15.1 Å². The van der Waals surface area contributed by atoms with E-state index in [0.717, 1.165) is 18.4 Å². The summed E-state index contributed by atoms with van der Waals surface area (Å²) < 4.78 is 5.70. The van der Waals surface area contributed by atoms with Gasteiger partial charge in [-0.3, -0.25) is 9.69 Å². The number of nitrogens with one attached hydrogen (secondary N) is 1. The monoisotopic (exact) mass is 361 g/mol. The number of carbonyl (C=O) groups is 2. The number of rotatable bonds is 7. The average Bonchev–Trinajstić information content (AvgIpc) is 2.56. The number of ether oxygens (including phenoxy) is 1. The molecular formula is C19H27N3O4. The topological polar surface area (TPSA) is 82.1 Å². The fourth-order valence-electron chi connectivity index (χ4n) is 3.83. The Morgan fingerprint density at radius 3 is 2.50 bits per heavy atom. The molecule has 0 radical (unpaired) electrons. The number of methoxy groups -OCH3 is 1. The summed E-state index contributed by atoms with van der Waals surface area (Å²) in [5.74, 6) is -0.809. The maximum absolute atomic E-state index is 12.4. The Labute approximate surface area is 153 Å². The van der Waals surface area contributed by atoms with Crippen LogP contribution in [0.5, 0.6) is 0 Å². The molecule has 3 rings (SSSR count). The van der Waals surface area contributed by atoms with Crippen LogP contribution < -0.4 is 5.32 Å². The number of hydrogen-bond acceptors (Lipinski definition) is 4. The van der Waals surface area contributed by atoms with Gasteiger partial charge in [0.25, 0.3) is 0 Å². The van der Waals surface area contributed by atoms with Gasteiger partial charge in [0.1, 0.15) is 5.60 Å². The van der Waals surface area contributed by atoms with Crippen molar-refractivity contribution < 1.29 is 19.4 Å². The van der Waals surface area contributed by atoms with Crippen LogP contribution >= 0.6 is 0 Å². The minimum atomic E-state index is -0.809. The van der Waals surface area contributed by atoms with Crippen molar-refractivity contribution in [1.82, 2.24) is 15.1 Å². The molecule has 2 amide bonds. The van der Waals surface area contributed by atoms with Gasteiger partial charge in [0, 0.05) is 19.2 Å². The fraction of sp³-hybridized carbons (Fsp3) is 0.579.